The zero-order valence-corrected chi connectivity index (χ0v) is 9.69. The van der Waals surface area contributed by atoms with Gasteiger partial charge in [-0.05, 0) is 44.6 Å². The van der Waals surface area contributed by atoms with Crippen molar-refractivity contribution in [2.24, 2.45) is 11.8 Å². The van der Waals surface area contributed by atoms with Crippen LogP contribution < -0.4 is 0 Å². The fraction of sp³-hybridized carbons (Fsp3) is 1.00. The van der Waals surface area contributed by atoms with Gasteiger partial charge in [-0.25, -0.2) is 0 Å². The Balaban J connectivity index is 1.45. The van der Waals surface area contributed by atoms with Crippen LogP contribution in [0, 0.1) is 11.8 Å². The number of likely N-dealkylation sites (N-methyl/N-ethyl adjacent to an activating group) is 1. The quantitative estimate of drug-likeness (QED) is 0.613. The normalized spacial score (nSPS) is 23.4. The Kier molecular flexibility index (Phi) is 4.00. The van der Waals surface area contributed by atoms with E-state index in [0.717, 1.165) is 32.2 Å². The van der Waals surface area contributed by atoms with Crippen molar-refractivity contribution in [3.05, 3.63) is 0 Å². The average molecular weight is 213 g/mol. The van der Waals surface area contributed by atoms with E-state index in [1.807, 2.05) is 0 Å². The maximum Gasteiger partial charge on any atom is 0.0695 e. The first-order valence-corrected chi connectivity index (χ1v) is 6.20. The van der Waals surface area contributed by atoms with Crippen molar-refractivity contribution >= 4 is 0 Å². The smallest absolute Gasteiger partial charge is 0.0695 e. The van der Waals surface area contributed by atoms with Gasteiger partial charge >= 0.3 is 0 Å². The molecule has 2 aliphatic rings. The van der Waals surface area contributed by atoms with Crippen LogP contribution in [0.5, 0.6) is 0 Å². The molecule has 0 aromatic carbocycles. The summed E-state index contributed by atoms with van der Waals surface area (Å²) in [5.74, 6) is 1.44. The lowest BCUT2D eigenvalue weighted by Crippen LogP contribution is -2.32. The number of aliphatic hydroxyl groups excluding tert-OH is 1. The predicted octanol–water partition coefficient (Wildman–Crippen LogP) is 1.12. The van der Waals surface area contributed by atoms with E-state index in [9.17, 15) is 5.11 Å². The van der Waals surface area contributed by atoms with Gasteiger partial charge in [0.2, 0.25) is 0 Å². The van der Waals surface area contributed by atoms with Crippen molar-refractivity contribution < 1.29 is 9.84 Å². The molecule has 2 saturated carbocycles. The number of hydrogen-bond acceptors (Lipinski definition) is 3. The molecule has 0 saturated heterocycles. The van der Waals surface area contributed by atoms with Gasteiger partial charge in [0.05, 0.1) is 12.7 Å². The van der Waals surface area contributed by atoms with Gasteiger partial charge in [-0.3, -0.25) is 0 Å². The van der Waals surface area contributed by atoms with Crippen LogP contribution in [0.3, 0.4) is 0 Å². The van der Waals surface area contributed by atoms with Crippen molar-refractivity contribution in [1.82, 2.24) is 4.90 Å². The third-order valence-corrected chi connectivity index (χ3v) is 3.33. The highest BCUT2D eigenvalue weighted by Gasteiger charge is 2.30. The molecule has 0 spiro atoms. The third kappa shape index (κ3) is 4.49. The fourth-order valence-corrected chi connectivity index (χ4v) is 1.80. The van der Waals surface area contributed by atoms with Gasteiger partial charge in [0.15, 0.2) is 0 Å². The predicted molar refractivity (Wildman–Crippen MR) is 59.8 cm³/mol. The van der Waals surface area contributed by atoms with E-state index in [2.05, 4.69) is 11.9 Å². The second kappa shape index (κ2) is 5.28. The van der Waals surface area contributed by atoms with Crippen LogP contribution in [0.2, 0.25) is 0 Å². The summed E-state index contributed by atoms with van der Waals surface area (Å²) in [5, 5.41) is 9.73. The zero-order chi connectivity index (χ0) is 10.7. The molecule has 0 bridgehead atoms. The molecule has 1 unspecified atom stereocenters. The molecule has 0 aliphatic heterocycles. The van der Waals surface area contributed by atoms with Gasteiger partial charge in [0.25, 0.3) is 0 Å². The minimum atomic E-state index is -0.113. The number of ether oxygens (including phenoxy) is 1. The first kappa shape index (κ1) is 11.4. The van der Waals surface area contributed by atoms with E-state index in [0.29, 0.717) is 5.92 Å². The van der Waals surface area contributed by atoms with Crippen LogP contribution in [-0.2, 0) is 4.74 Å². The molecule has 2 fully saturated rings. The maximum absolute atomic E-state index is 9.73. The van der Waals surface area contributed by atoms with E-state index in [1.165, 1.54) is 25.7 Å². The second-order valence-corrected chi connectivity index (χ2v) is 5.19. The number of aliphatic hydroxyl groups is 1. The van der Waals surface area contributed by atoms with Crippen molar-refractivity contribution in [2.75, 3.05) is 33.4 Å². The monoisotopic (exact) mass is 213 g/mol. The van der Waals surface area contributed by atoms with E-state index < -0.39 is 0 Å². The summed E-state index contributed by atoms with van der Waals surface area (Å²) in [6.45, 7) is 3.50. The molecule has 3 heteroatoms. The van der Waals surface area contributed by atoms with E-state index in [1.54, 1.807) is 0 Å². The molecule has 2 aliphatic carbocycles. The highest BCUT2D eigenvalue weighted by atomic mass is 16.5. The van der Waals surface area contributed by atoms with Crippen LogP contribution in [-0.4, -0.2) is 49.5 Å². The van der Waals surface area contributed by atoms with Gasteiger partial charge in [-0.1, -0.05) is 0 Å². The third-order valence-electron chi connectivity index (χ3n) is 3.33. The summed E-state index contributed by atoms with van der Waals surface area (Å²) >= 11 is 0. The molecule has 0 amide bonds. The van der Waals surface area contributed by atoms with Gasteiger partial charge in [0.1, 0.15) is 0 Å². The Hall–Kier alpha value is -0.120. The van der Waals surface area contributed by atoms with Crippen molar-refractivity contribution in [1.29, 1.82) is 0 Å². The average Bonchev–Trinajstić information content (AvgIpc) is 3.03. The minimum Gasteiger partial charge on any atom is -0.392 e. The van der Waals surface area contributed by atoms with E-state index in [-0.39, 0.29) is 6.10 Å². The Labute approximate surface area is 92.4 Å². The van der Waals surface area contributed by atoms with Crippen LogP contribution in [0.4, 0.5) is 0 Å². The van der Waals surface area contributed by atoms with Gasteiger partial charge in [-0.15, -0.1) is 0 Å². The molecule has 1 atom stereocenters. The molecule has 0 aromatic rings. The van der Waals surface area contributed by atoms with E-state index in [4.69, 9.17) is 4.74 Å². The molecule has 0 radical (unpaired) electrons. The Morgan fingerprint density at radius 2 is 2.07 bits per heavy atom. The SMILES string of the molecule is CN(CCOCC1CC1)CC(O)C1CC1. The van der Waals surface area contributed by atoms with Crippen molar-refractivity contribution in [3.63, 3.8) is 0 Å². The van der Waals surface area contributed by atoms with Crippen LogP contribution in [0.25, 0.3) is 0 Å². The largest absolute Gasteiger partial charge is 0.392 e. The summed E-state index contributed by atoms with van der Waals surface area (Å²) in [6, 6.07) is 0. The first-order chi connectivity index (χ1) is 7.25. The van der Waals surface area contributed by atoms with Crippen LogP contribution >= 0.6 is 0 Å². The molecule has 15 heavy (non-hydrogen) atoms. The molecule has 1 N–H and O–H groups in total. The molecule has 0 heterocycles. The minimum absolute atomic E-state index is 0.113. The van der Waals surface area contributed by atoms with Gasteiger partial charge < -0.3 is 14.7 Å². The van der Waals surface area contributed by atoms with Crippen molar-refractivity contribution in [2.45, 2.75) is 31.8 Å². The molecular weight excluding hydrogens is 190 g/mol. The molecule has 2 rings (SSSR count). The van der Waals surface area contributed by atoms with Gasteiger partial charge in [0, 0.05) is 19.7 Å². The standard InChI is InChI=1S/C12H23NO2/c1-13(8-12(14)11-4-5-11)6-7-15-9-10-2-3-10/h10-12,14H,2-9H2,1H3. The fourth-order valence-electron chi connectivity index (χ4n) is 1.80. The maximum atomic E-state index is 9.73. The summed E-state index contributed by atoms with van der Waals surface area (Å²) in [6.07, 6.45) is 5.03. The lowest BCUT2D eigenvalue weighted by Gasteiger charge is -2.20. The molecule has 88 valence electrons. The number of hydrogen-bond donors (Lipinski definition) is 1. The van der Waals surface area contributed by atoms with Gasteiger partial charge in [-0.2, -0.15) is 0 Å². The molecule has 0 aromatic heterocycles. The number of rotatable bonds is 8. The highest BCUT2D eigenvalue weighted by Crippen LogP contribution is 2.32. The lowest BCUT2D eigenvalue weighted by atomic mass is 10.2. The molecular formula is C12H23NO2. The summed E-state index contributed by atoms with van der Waals surface area (Å²) in [7, 11) is 2.06. The summed E-state index contributed by atoms with van der Waals surface area (Å²) in [5.41, 5.74) is 0. The summed E-state index contributed by atoms with van der Waals surface area (Å²) in [4.78, 5) is 2.18. The van der Waals surface area contributed by atoms with E-state index >= 15 is 0 Å². The lowest BCUT2D eigenvalue weighted by molar-refractivity contribution is 0.0720. The Morgan fingerprint density at radius 3 is 2.67 bits per heavy atom. The first-order valence-electron chi connectivity index (χ1n) is 6.20. The van der Waals surface area contributed by atoms with Crippen LogP contribution in [0.15, 0.2) is 0 Å². The Morgan fingerprint density at radius 1 is 1.33 bits per heavy atom. The van der Waals surface area contributed by atoms with Crippen molar-refractivity contribution in [3.8, 4) is 0 Å². The highest BCUT2D eigenvalue weighted by molar-refractivity contribution is 4.82. The topological polar surface area (TPSA) is 32.7 Å². The molecule has 3 nitrogen and oxygen atoms in total. The number of nitrogens with zero attached hydrogens (tertiary/aromatic N) is 1. The second-order valence-electron chi connectivity index (χ2n) is 5.19. The Bertz CT molecular complexity index is 190. The zero-order valence-electron chi connectivity index (χ0n) is 9.69. The van der Waals surface area contributed by atoms with Crippen LogP contribution in [0.1, 0.15) is 25.7 Å². The summed E-state index contributed by atoms with van der Waals surface area (Å²) < 4.78 is 5.56.